The van der Waals surface area contributed by atoms with E-state index in [2.05, 4.69) is 15.9 Å². The SMILES string of the molecule is Cc1oc(C)c(C(=O)c2cc(Br)sc2C)c1C. The number of carbonyl (C=O) groups is 1. The zero-order valence-electron chi connectivity index (χ0n) is 10.2. The minimum absolute atomic E-state index is 0.0521. The second-order valence-corrected chi connectivity index (χ2v) is 6.70. The van der Waals surface area contributed by atoms with Crippen molar-refractivity contribution in [2.75, 3.05) is 0 Å². The summed E-state index contributed by atoms with van der Waals surface area (Å²) in [6, 6.07) is 1.88. The van der Waals surface area contributed by atoms with Gasteiger partial charge in [-0.1, -0.05) is 0 Å². The molecule has 0 bridgehead atoms. The molecule has 0 aliphatic carbocycles. The van der Waals surface area contributed by atoms with E-state index in [-0.39, 0.29) is 5.78 Å². The summed E-state index contributed by atoms with van der Waals surface area (Å²) >= 11 is 4.98. The third kappa shape index (κ3) is 2.11. The van der Waals surface area contributed by atoms with Gasteiger partial charge in [-0.2, -0.15) is 0 Å². The van der Waals surface area contributed by atoms with E-state index in [1.165, 1.54) is 0 Å². The topological polar surface area (TPSA) is 30.2 Å². The molecule has 0 atom stereocenters. The predicted octanol–water partition coefficient (Wildman–Crippen LogP) is 4.57. The first-order valence-corrected chi connectivity index (χ1v) is 6.90. The van der Waals surface area contributed by atoms with E-state index in [1.807, 2.05) is 33.8 Å². The van der Waals surface area contributed by atoms with Gasteiger partial charge in [-0.05, 0) is 49.7 Å². The van der Waals surface area contributed by atoms with E-state index in [0.717, 1.165) is 25.6 Å². The van der Waals surface area contributed by atoms with Gasteiger partial charge in [0.05, 0.1) is 9.35 Å². The van der Waals surface area contributed by atoms with Crippen molar-refractivity contribution in [3.63, 3.8) is 0 Å². The first kappa shape index (κ1) is 12.6. The van der Waals surface area contributed by atoms with Gasteiger partial charge in [0, 0.05) is 16.0 Å². The summed E-state index contributed by atoms with van der Waals surface area (Å²) in [6.45, 7) is 7.61. The van der Waals surface area contributed by atoms with Crippen LogP contribution in [0.2, 0.25) is 0 Å². The lowest BCUT2D eigenvalue weighted by Crippen LogP contribution is -2.03. The predicted molar refractivity (Wildman–Crippen MR) is 73.1 cm³/mol. The van der Waals surface area contributed by atoms with Crippen molar-refractivity contribution in [1.82, 2.24) is 0 Å². The van der Waals surface area contributed by atoms with E-state index in [4.69, 9.17) is 4.42 Å². The molecular formula is C13H13BrO2S. The fourth-order valence-electron chi connectivity index (χ4n) is 1.93. The molecule has 0 aromatic carbocycles. The average Bonchev–Trinajstić information content (AvgIpc) is 2.68. The second kappa shape index (κ2) is 4.42. The molecule has 0 amide bonds. The molecule has 2 heterocycles. The Bertz CT molecular complexity index is 593. The summed E-state index contributed by atoms with van der Waals surface area (Å²) < 4.78 is 6.49. The van der Waals surface area contributed by atoms with E-state index in [9.17, 15) is 4.79 Å². The Balaban J connectivity index is 2.55. The number of ketones is 1. The quantitative estimate of drug-likeness (QED) is 0.760. The number of carbonyl (C=O) groups excluding carboxylic acids is 1. The fourth-order valence-corrected chi connectivity index (χ4v) is 3.62. The zero-order chi connectivity index (χ0) is 12.7. The number of rotatable bonds is 2. The van der Waals surface area contributed by atoms with Gasteiger partial charge in [0.15, 0.2) is 5.78 Å². The molecule has 90 valence electrons. The van der Waals surface area contributed by atoms with Gasteiger partial charge in [0.2, 0.25) is 0 Å². The summed E-state index contributed by atoms with van der Waals surface area (Å²) in [5.74, 6) is 1.57. The number of halogens is 1. The van der Waals surface area contributed by atoms with Crippen molar-refractivity contribution >= 4 is 33.0 Å². The molecule has 0 fully saturated rings. The third-order valence-corrected chi connectivity index (χ3v) is 4.47. The molecule has 2 aromatic heterocycles. The summed E-state index contributed by atoms with van der Waals surface area (Å²) in [5, 5.41) is 0. The van der Waals surface area contributed by atoms with Crippen LogP contribution < -0.4 is 0 Å². The molecule has 0 saturated heterocycles. The van der Waals surface area contributed by atoms with Crippen LogP contribution in [0, 0.1) is 27.7 Å². The molecule has 0 saturated carbocycles. The second-order valence-electron chi connectivity index (χ2n) is 4.06. The lowest BCUT2D eigenvalue weighted by Gasteiger charge is -1.99. The van der Waals surface area contributed by atoms with Crippen LogP contribution in [0.3, 0.4) is 0 Å². The summed E-state index contributed by atoms with van der Waals surface area (Å²) in [4.78, 5) is 13.5. The van der Waals surface area contributed by atoms with E-state index in [1.54, 1.807) is 11.3 Å². The number of thiophene rings is 1. The van der Waals surface area contributed by atoms with Gasteiger partial charge >= 0.3 is 0 Å². The van der Waals surface area contributed by atoms with E-state index in [0.29, 0.717) is 11.3 Å². The molecule has 2 rings (SSSR count). The van der Waals surface area contributed by atoms with Crippen molar-refractivity contribution in [3.05, 3.63) is 42.9 Å². The lowest BCUT2D eigenvalue weighted by atomic mass is 10.0. The molecule has 0 N–H and O–H groups in total. The van der Waals surface area contributed by atoms with Crippen LogP contribution >= 0.6 is 27.3 Å². The molecule has 4 heteroatoms. The van der Waals surface area contributed by atoms with E-state index >= 15 is 0 Å². The highest BCUT2D eigenvalue weighted by atomic mass is 79.9. The standard InChI is InChI=1S/C13H13BrO2S/c1-6-7(2)16-8(3)12(6)13(15)10-5-11(14)17-9(10)4/h5H,1-4H3. The van der Waals surface area contributed by atoms with Gasteiger partial charge in [-0.3, -0.25) is 4.79 Å². The highest BCUT2D eigenvalue weighted by Gasteiger charge is 2.22. The van der Waals surface area contributed by atoms with Crippen LogP contribution in [-0.2, 0) is 0 Å². The maximum absolute atomic E-state index is 12.5. The maximum Gasteiger partial charge on any atom is 0.197 e. The summed E-state index contributed by atoms with van der Waals surface area (Å²) in [6.07, 6.45) is 0. The molecule has 0 aliphatic heterocycles. The van der Waals surface area contributed by atoms with Crippen LogP contribution in [0.1, 0.15) is 37.9 Å². The van der Waals surface area contributed by atoms with Crippen molar-refractivity contribution in [2.24, 2.45) is 0 Å². The van der Waals surface area contributed by atoms with Gasteiger partial charge in [-0.15, -0.1) is 11.3 Å². The molecule has 0 unspecified atom stereocenters. The Kier molecular flexibility index (Phi) is 3.27. The smallest absolute Gasteiger partial charge is 0.197 e. The highest BCUT2D eigenvalue weighted by Crippen LogP contribution is 2.31. The molecular weight excluding hydrogens is 300 g/mol. The van der Waals surface area contributed by atoms with Crippen LogP contribution in [-0.4, -0.2) is 5.78 Å². The molecule has 0 radical (unpaired) electrons. The van der Waals surface area contributed by atoms with Crippen molar-refractivity contribution in [2.45, 2.75) is 27.7 Å². The number of furan rings is 1. The highest BCUT2D eigenvalue weighted by molar-refractivity contribution is 9.11. The fraction of sp³-hybridized carbons (Fsp3) is 0.308. The normalized spacial score (nSPS) is 10.9. The minimum atomic E-state index is 0.0521. The van der Waals surface area contributed by atoms with Gasteiger partial charge in [-0.25, -0.2) is 0 Å². The third-order valence-electron chi connectivity index (χ3n) is 2.92. The van der Waals surface area contributed by atoms with Crippen molar-refractivity contribution < 1.29 is 9.21 Å². The average molecular weight is 313 g/mol. The van der Waals surface area contributed by atoms with E-state index < -0.39 is 0 Å². The molecule has 2 aromatic rings. The van der Waals surface area contributed by atoms with Gasteiger partial charge < -0.3 is 4.42 Å². The Morgan fingerprint density at radius 2 is 1.88 bits per heavy atom. The molecule has 2 nitrogen and oxygen atoms in total. The van der Waals surface area contributed by atoms with Crippen molar-refractivity contribution in [3.8, 4) is 0 Å². The van der Waals surface area contributed by atoms with Crippen LogP contribution in [0.4, 0.5) is 0 Å². The molecule has 17 heavy (non-hydrogen) atoms. The Morgan fingerprint density at radius 3 is 2.29 bits per heavy atom. The maximum atomic E-state index is 12.5. The summed E-state index contributed by atoms with van der Waals surface area (Å²) in [5.41, 5.74) is 2.40. The lowest BCUT2D eigenvalue weighted by molar-refractivity contribution is 0.103. The zero-order valence-corrected chi connectivity index (χ0v) is 12.6. The van der Waals surface area contributed by atoms with Crippen molar-refractivity contribution in [1.29, 1.82) is 0 Å². The minimum Gasteiger partial charge on any atom is -0.466 e. The monoisotopic (exact) mass is 312 g/mol. The van der Waals surface area contributed by atoms with Gasteiger partial charge in [0.25, 0.3) is 0 Å². The molecule has 0 aliphatic rings. The Morgan fingerprint density at radius 1 is 1.24 bits per heavy atom. The molecule has 0 spiro atoms. The summed E-state index contributed by atoms with van der Waals surface area (Å²) in [7, 11) is 0. The first-order chi connectivity index (χ1) is 7.91. The van der Waals surface area contributed by atoms with Gasteiger partial charge in [0.1, 0.15) is 11.5 Å². The number of hydrogen-bond acceptors (Lipinski definition) is 3. The van der Waals surface area contributed by atoms with Crippen LogP contribution in [0.5, 0.6) is 0 Å². The van der Waals surface area contributed by atoms with Crippen LogP contribution in [0.25, 0.3) is 0 Å². The largest absolute Gasteiger partial charge is 0.466 e. The number of hydrogen-bond donors (Lipinski definition) is 0. The number of aryl methyl sites for hydroxylation is 3. The Labute approximate surface area is 113 Å². The van der Waals surface area contributed by atoms with Crippen LogP contribution in [0.15, 0.2) is 14.3 Å². The Hall–Kier alpha value is -0.870. The first-order valence-electron chi connectivity index (χ1n) is 5.29.